The minimum atomic E-state index is -0.328. The maximum Gasteiger partial charge on any atom is 0.115 e. The molecule has 0 amide bonds. The van der Waals surface area contributed by atoms with E-state index in [1.807, 2.05) is 0 Å². The fraction of sp³-hybridized carbons (Fsp3) is 0.400. The van der Waals surface area contributed by atoms with E-state index in [1.54, 1.807) is 24.3 Å². The molecule has 0 bridgehead atoms. The molecule has 2 heteroatoms. The average Bonchev–Trinajstić information content (AvgIpc) is 2.87. The van der Waals surface area contributed by atoms with Gasteiger partial charge in [-0.3, -0.25) is 0 Å². The summed E-state index contributed by atoms with van der Waals surface area (Å²) in [5.74, 6) is 0.705. The molecular weight excluding hydrogens is 152 g/mol. The summed E-state index contributed by atoms with van der Waals surface area (Å²) in [6.45, 7) is 0. The largest absolute Gasteiger partial charge is 0.508 e. The molecule has 0 aliphatic heterocycles. The normalized spacial score (nSPS) is 19.1. The van der Waals surface area contributed by atoms with E-state index in [0.717, 1.165) is 18.4 Å². The van der Waals surface area contributed by atoms with Gasteiger partial charge in [0.2, 0.25) is 0 Å². The van der Waals surface area contributed by atoms with Crippen LogP contribution in [0.2, 0.25) is 0 Å². The van der Waals surface area contributed by atoms with Crippen LogP contribution in [0.25, 0.3) is 0 Å². The van der Waals surface area contributed by atoms with Gasteiger partial charge in [-0.25, -0.2) is 0 Å². The minimum absolute atomic E-state index is 0.252. The Morgan fingerprint density at radius 1 is 1.17 bits per heavy atom. The van der Waals surface area contributed by atoms with Gasteiger partial charge in [0.1, 0.15) is 5.75 Å². The van der Waals surface area contributed by atoms with E-state index in [4.69, 9.17) is 5.11 Å². The lowest BCUT2D eigenvalue weighted by molar-refractivity contribution is 0.154. The molecule has 2 rings (SSSR count). The Labute approximate surface area is 71.5 Å². The molecule has 2 N–H and O–H groups in total. The zero-order valence-corrected chi connectivity index (χ0v) is 6.77. The molecule has 12 heavy (non-hydrogen) atoms. The fourth-order valence-corrected chi connectivity index (χ4v) is 1.36. The number of phenols is 1. The Morgan fingerprint density at radius 3 is 2.25 bits per heavy atom. The van der Waals surface area contributed by atoms with Gasteiger partial charge in [-0.15, -0.1) is 0 Å². The second-order valence-corrected chi connectivity index (χ2v) is 3.37. The molecule has 64 valence electrons. The van der Waals surface area contributed by atoms with Gasteiger partial charge in [-0.2, -0.15) is 0 Å². The maximum absolute atomic E-state index is 9.67. The number of aliphatic hydroxyl groups is 1. The Bertz CT molecular complexity index is 262. The molecule has 1 aliphatic carbocycles. The average molecular weight is 164 g/mol. The highest BCUT2D eigenvalue weighted by Crippen LogP contribution is 2.40. The zero-order valence-electron chi connectivity index (χ0n) is 6.77. The zero-order chi connectivity index (χ0) is 8.55. The highest BCUT2D eigenvalue weighted by molar-refractivity contribution is 5.28. The van der Waals surface area contributed by atoms with E-state index < -0.39 is 0 Å². The highest BCUT2D eigenvalue weighted by atomic mass is 16.3. The van der Waals surface area contributed by atoms with Crippen LogP contribution in [0.1, 0.15) is 24.5 Å². The number of hydrogen-bond acceptors (Lipinski definition) is 2. The third-order valence-corrected chi connectivity index (χ3v) is 2.30. The summed E-state index contributed by atoms with van der Waals surface area (Å²) in [6.07, 6.45) is 1.93. The summed E-state index contributed by atoms with van der Waals surface area (Å²) in [4.78, 5) is 0. The Hall–Kier alpha value is -1.02. The lowest BCUT2D eigenvalue weighted by atomic mass is 10.1. The van der Waals surface area contributed by atoms with Crippen LogP contribution in [0, 0.1) is 5.92 Å². The summed E-state index contributed by atoms with van der Waals surface area (Å²) in [5, 5.41) is 18.7. The van der Waals surface area contributed by atoms with Crippen LogP contribution in [-0.2, 0) is 0 Å². The monoisotopic (exact) mass is 164 g/mol. The molecule has 1 unspecified atom stereocenters. The van der Waals surface area contributed by atoms with Crippen molar-refractivity contribution in [1.29, 1.82) is 0 Å². The predicted molar refractivity (Wildman–Crippen MR) is 45.8 cm³/mol. The third-order valence-electron chi connectivity index (χ3n) is 2.30. The topological polar surface area (TPSA) is 40.5 Å². The van der Waals surface area contributed by atoms with Crippen molar-refractivity contribution in [3.05, 3.63) is 29.8 Å². The van der Waals surface area contributed by atoms with Crippen LogP contribution in [0.4, 0.5) is 0 Å². The number of hydrogen-bond donors (Lipinski definition) is 2. The minimum Gasteiger partial charge on any atom is -0.508 e. The highest BCUT2D eigenvalue weighted by Gasteiger charge is 2.30. The van der Waals surface area contributed by atoms with Crippen molar-refractivity contribution in [2.75, 3.05) is 0 Å². The summed E-state index contributed by atoms with van der Waals surface area (Å²) < 4.78 is 0. The van der Waals surface area contributed by atoms with Crippen LogP contribution in [0.5, 0.6) is 5.75 Å². The first kappa shape index (κ1) is 7.62. The van der Waals surface area contributed by atoms with Crippen molar-refractivity contribution < 1.29 is 10.2 Å². The first-order valence-corrected chi connectivity index (χ1v) is 4.24. The van der Waals surface area contributed by atoms with E-state index in [1.165, 1.54) is 0 Å². The molecule has 0 radical (unpaired) electrons. The van der Waals surface area contributed by atoms with Crippen LogP contribution < -0.4 is 0 Å². The second kappa shape index (κ2) is 2.79. The Kier molecular flexibility index (Phi) is 1.77. The number of aromatic hydroxyl groups is 1. The van der Waals surface area contributed by atoms with E-state index in [2.05, 4.69) is 0 Å². The summed E-state index contributed by atoms with van der Waals surface area (Å²) in [6, 6.07) is 6.78. The molecule has 0 spiro atoms. The maximum atomic E-state index is 9.67. The quantitative estimate of drug-likeness (QED) is 0.700. The molecular formula is C10H12O2. The van der Waals surface area contributed by atoms with Crippen molar-refractivity contribution in [2.24, 2.45) is 5.92 Å². The predicted octanol–water partition coefficient (Wildman–Crippen LogP) is 1.84. The van der Waals surface area contributed by atoms with Crippen molar-refractivity contribution >= 4 is 0 Å². The molecule has 1 aromatic rings. The van der Waals surface area contributed by atoms with Gasteiger partial charge in [0.15, 0.2) is 0 Å². The lowest BCUT2D eigenvalue weighted by Crippen LogP contribution is -1.98. The number of benzene rings is 1. The van der Waals surface area contributed by atoms with Crippen molar-refractivity contribution in [3.8, 4) is 5.75 Å². The van der Waals surface area contributed by atoms with Gasteiger partial charge < -0.3 is 10.2 Å². The standard InChI is InChI=1S/C10H12O2/c11-9-5-3-8(4-6-9)10(12)7-1-2-7/h3-7,10-12H,1-2H2. The van der Waals surface area contributed by atoms with Crippen LogP contribution in [-0.4, -0.2) is 10.2 Å². The molecule has 0 aromatic heterocycles. The number of rotatable bonds is 2. The van der Waals surface area contributed by atoms with Gasteiger partial charge in [0.05, 0.1) is 6.10 Å². The van der Waals surface area contributed by atoms with Crippen molar-refractivity contribution in [2.45, 2.75) is 18.9 Å². The van der Waals surface area contributed by atoms with Gasteiger partial charge >= 0.3 is 0 Å². The van der Waals surface area contributed by atoms with Gasteiger partial charge in [0, 0.05) is 0 Å². The van der Waals surface area contributed by atoms with E-state index >= 15 is 0 Å². The van der Waals surface area contributed by atoms with Gasteiger partial charge in [0.25, 0.3) is 0 Å². The summed E-state index contributed by atoms with van der Waals surface area (Å²) in [7, 11) is 0. The van der Waals surface area contributed by atoms with E-state index in [0.29, 0.717) is 5.92 Å². The summed E-state index contributed by atoms with van der Waals surface area (Å²) in [5.41, 5.74) is 0.912. The number of aliphatic hydroxyl groups excluding tert-OH is 1. The molecule has 0 heterocycles. The van der Waals surface area contributed by atoms with Crippen molar-refractivity contribution in [1.82, 2.24) is 0 Å². The first-order chi connectivity index (χ1) is 5.77. The third kappa shape index (κ3) is 1.43. The van der Waals surface area contributed by atoms with Crippen LogP contribution in [0.15, 0.2) is 24.3 Å². The molecule has 1 aliphatic rings. The molecule has 0 saturated heterocycles. The molecule has 1 aromatic carbocycles. The number of phenolic OH excluding ortho intramolecular Hbond substituents is 1. The molecule has 2 nitrogen and oxygen atoms in total. The van der Waals surface area contributed by atoms with Crippen LogP contribution >= 0.6 is 0 Å². The van der Waals surface area contributed by atoms with Gasteiger partial charge in [-0.1, -0.05) is 12.1 Å². The molecule has 1 fully saturated rings. The Balaban J connectivity index is 2.16. The smallest absolute Gasteiger partial charge is 0.115 e. The second-order valence-electron chi connectivity index (χ2n) is 3.37. The van der Waals surface area contributed by atoms with E-state index in [9.17, 15) is 5.11 Å². The first-order valence-electron chi connectivity index (χ1n) is 4.24. The fourth-order valence-electron chi connectivity index (χ4n) is 1.36. The molecule has 1 saturated carbocycles. The van der Waals surface area contributed by atoms with Gasteiger partial charge in [-0.05, 0) is 36.5 Å². The summed E-state index contributed by atoms with van der Waals surface area (Å²) >= 11 is 0. The lowest BCUT2D eigenvalue weighted by Gasteiger charge is -2.08. The van der Waals surface area contributed by atoms with Crippen LogP contribution in [0.3, 0.4) is 0 Å². The van der Waals surface area contributed by atoms with Crippen molar-refractivity contribution in [3.63, 3.8) is 0 Å². The molecule has 1 atom stereocenters. The Morgan fingerprint density at radius 2 is 1.75 bits per heavy atom. The SMILES string of the molecule is Oc1ccc(C(O)C2CC2)cc1. The van der Waals surface area contributed by atoms with E-state index in [-0.39, 0.29) is 11.9 Å².